The molecule has 1 unspecified atom stereocenters. The van der Waals surface area contributed by atoms with Crippen LogP contribution >= 0.6 is 0 Å². The smallest absolute Gasteiger partial charge is 0.198 e. The molecule has 1 saturated heterocycles. The predicted octanol–water partition coefficient (Wildman–Crippen LogP) is 0.809. The molecule has 1 atom stereocenters. The number of nitriles is 1. The van der Waals surface area contributed by atoms with Gasteiger partial charge in [0.1, 0.15) is 0 Å². The second-order valence-electron chi connectivity index (χ2n) is 4.28. The first-order valence-corrected chi connectivity index (χ1v) is 6.99. The maximum atomic E-state index is 12.1. The maximum absolute atomic E-state index is 12.1. The first-order valence-electron chi connectivity index (χ1n) is 5.59. The van der Waals surface area contributed by atoms with Crippen LogP contribution in [0.3, 0.4) is 0 Å². The Kier molecular flexibility index (Phi) is 4.71. The van der Waals surface area contributed by atoms with Gasteiger partial charge in [-0.3, -0.25) is 0 Å². The third kappa shape index (κ3) is 3.17. The third-order valence-corrected chi connectivity index (χ3v) is 4.74. The largest absolute Gasteiger partial charge is 0.281 e. The zero-order valence-corrected chi connectivity index (χ0v) is 10.7. The monoisotopic (exact) mass is 245 g/mol. The van der Waals surface area contributed by atoms with Crippen LogP contribution in [0.5, 0.6) is 0 Å². The van der Waals surface area contributed by atoms with Crippen LogP contribution in [0.1, 0.15) is 26.2 Å². The van der Waals surface area contributed by atoms with Gasteiger partial charge in [-0.2, -0.15) is 22.3 Å². The molecule has 1 rings (SSSR count). The first kappa shape index (κ1) is 13.4. The van der Waals surface area contributed by atoms with Crippen LogP contribution < -0.4 is 0 Å². The first-order chi connectivity index (χ1) is 7.48. The van der Waals surface area contributed by atoms with Crippen LogP contribution in [0.2, 0.25) is 0 Å². The fourth-order valence-corrected chi connectivity index (χ4v) is 3.34. The summed E-state index contributed by atoms with van der Waals surface area (Å²) in [5.41, 5.74) is 0. The topological polar surface area (TPSA) is 64.4 Å². The molecule has 5 nitrogen and oxygen atoms in total. The highest BCUT2D eigenvalue weighted by Crippen LogP contribution is 2.16. The molecular formula is C10H19N3O2S. The molecule has 0 amide bonds. The molecule has 6 heteroatoms. The molecule has 1 heterocycles. The molecule has 1 aliphatic heterocycles. The van der Waals surface area contributed by atoms with Crippen LogP contribution in [0, 0.1) is 17.2 Å². The van der Waals surface area contributed by atoms with Crippen molar-refractivity contribution < 1.29 is 8.42 Å². The molecule has 0 aromatic rings. The van der Waals surface area contributed by atoms with Crippen molar-refractivity contribution in [1.82, 2.24) is 8.61 Å². The second-order valence-corrected chi connectivity index (χ2v) is 6.31. The Morgan fingerprint density at radius 3 is 2.44 bits per heavy atom. The predicted molar refractivity (Wildman–Crippen MR) is 61.8 cm³/mol. The van der Waals surface area contributed by atoms with Crippen LogP contribution in [0.4, 0.5) is 0 Å². The van der Waals surface area contributed by atoms with Gasteiger partial charge >= 0.3 is 0 Å². The highest BCUT2D eigenvalue weighted by molar-refractivity contribution is 7.86. The Morgan fingerprint density at radius 1 is 1.38 bits per heavy atom. The SMILES string of the molecule is CC(C#N)CN(C)S(=O)(=O)N1CCCCC1. The molecule has 92 valence electrons. The quantitative estimate of drug-likeness (QED) is 0.736. The van der Waals surface area contributed by atoms with Gasteiger partial charge in [0.05, 0.1) is 12.0 Å². The third-order valence-electron chi connectivity index (χ3n) is 2.79. The van der Waals surface area contributed by atoms with E-state index >= 15 is 0 Å². The summed E-state index contributed by atoms with van der Waals surface area (Å²) in [5.74, 6) is -0.274. The van der Waals surface area contributed by atoms with Crippen molar-refractivity contribution in [3.05, 3.63) is 0 Å². The second kappa shape index (κ2) is 5.62. The van der Waals surface area contributed by atoms with Gasteiger partial charge in [0.2, 0.25) is 0 Å². The summed E-state index contributed by atoms with van der Waals surface area (Å²) in [6.07, 6.45) is 2.96. The molecule has 0 saturated carbocycles. The number of nitrogens with zero attached hydrogens (tertiary/aromatic N) is 3. The van der Waals surface area contributed by atoms with Gasteiger partial charge in [-0.1, -0.05) is 6.42 Å². The lowest BCUT2D eigenvalue weighted by atomic mass is 10.2. The number of hydrogen-bond acceptors (Lipinski definition) is 3. The Balaban J connectivity index is 2.65. The minimum atomic E-state index is -3.35. The maximum Gasteiger partial charge on any atom is 0.281 e. The fraction of sp³-hybridized carbons (Fsp3) is 0.900. The number of hydrogen-bond donors (Lipinski definition) is 0. The van der Waals surface area contributed by atoms with Crippen LogP contribution in [-0.4, -0.2) is 43.7 Å². The summed E-state index contributed by atoms with van der Waals surface area (Å²) < 4.78 is 27.0. The molecule has 1 aliphatic rings. The average Bonchev–Trinajstić information content (AvgIpc) is 2.29. The van der Waals surface area contributed by atoms with E-state index in [4.69, 9.17) is 5.26 Å². The standard InChI is InChI=1S/C10H19N3O2S/c1-10(8-11)9-12(2)16(14,15)13-6-4-3-5-7-13/h10H,3-7,9H2,1-2H3. The van der Waals surface area contributed by atoms with E-state index in [9.17, 15) is 8.42 Å². The van der Waals surface area contributed by atoms with Crippen molar-refractivity contribution in [3.63, 3.8) is 0 Å². The zero-order valence-electron chi connectivity index (χ0n) is 9.89. The van der Waals surface area contributed by atoms with E-state index in [0.29, 0.717) is 13.1 Å². The van der Waals surface area contributed by atoms with Crippen LogP contribution in [0.25, 0.3) is 0 Å². The van der Waals surface area contributed by atoms with E-state index in [1.165, 1.54) is 15.7 Å². The summed E-state index contributed by atoms with van der Waals surface area (Å²) in [7, 11) is -1.81. The lowest BCUT2D eigenvalue weighted by Gasteiger charge is -2.30. The number of rotatable bonds is 4. The molecule has 0 spiro atoms. The summed E-state index contributed by atoms with van der Waals surface area (Å²) in [5, 5.41) is 8.67. The lowest BCUT2D eigenvalue weighted by Crippen LogP contribution is -2.45. The molecule has 0 aromatic heterocycles. The van der Waals surface area contributed by atoms with E-state index in [0.717, 1.165) is 19.3 Å². The molecular weight excluding hydrogens is 226 g/mol. The van der Waals surface area contributed by atoms with Gasteiger partial charge in [0, 0.05) is 26.7 Å². The molecule has 16 heavy (non-hydrogen) atoms. The molecule has 0 radical (unpaired) electrons. The Bertz CT molecular complexity index is 355. The minimum absolute atomic E-state index is 0.259. The molecule has 1 fully saturated rings. The van der Waals surface area contributed by atoms with Crippen molar-refractivity contribution in [3.8, 4) is 6.07 Å². The molecule has 0 N–H and O–H groups in total. The van der Waals surface area contributed by atoms with E-state index in [1.807, 2.05) is 6.07 Å². The van der Waals surface area contributed by atoms with Gasteiger partial charge in [-0.15, -0.1) is 0 Å². The van der Waals surface area contributed by atoms with Gasteiger partial charge < -0.3 is 0 Å². The van der Waals surface area contributed by atoms with Gasteiger partial charge in [0.25, 0.3) is 10.2 Å². The van der Waals surface area contributed by atoms with E-state index in [2.05, 4.69) is 0 Å². The van der Waals surface area contributed by atoms with Gasteiger partial charge in [-0.05, 0) is 19.8 Å². The zero-order chi connectivity index (χ0) is 12.2. The van der Waals surface area contributed by atoms with Gasteiger partial charge in [-0.25, -0.2) is 0 Å². The molecule has 0 aliphatic carbocycles. The highest BCUT2D eigenvalue weighted by atomic mass is 32.2. The van der Waals surface area contributed by atoms with Crippen LogP contribution in [0.15, 0.2) is 0 Å². The van der Waals surface area contributed by atoms with E-state index in [1.54, 1.807) is 6.92 Å². The Hall–Kier alpha value is -0.640. The van der Waals surface area contributed by atoms with E-state index in [-0.39, 0.29) is 12.5 Å². The highest BCUT2D eigenvalue weighted by Gasteiger charge is 2.28. The lowest BCUT2D eigenvalue weighted by molar-refractivity contribution is 0.311. The van der Waals surface area contributed by atoms with E-state index < -0.39 is 10.2 Å². The Morgan fingerprint density at radius 2 is 1.94 bits per heavy atom. The average molecular weight is 245 g/mol. The molecule has 0 bridgehead atoms. The summed E-state index contributed by atoms with van der Waals surface area (Å²) in [4.78, 5) is 0. The van der Waals surface area contributed by atoms with Crippen molar-refractivity contribution >= 4 is 10.2 Å². The Labute approximate surface area is 97.8 Å². The summed E-state index contributed by atoms with van der Waals surface area (Å²) >= 11 is 0. The van der Waals surface area contributed by atoms with Crippen molar-refractivity contribution in [2.45, 2.75) is 26.2 Å². The van der Waals surface area contributed by atoms with Crippen molar-refractivity contribution in [2.75, 3.05) is 26.7 Å². The summed E-state index contributed by atoms with van der Waals surface area (Å²) in [6, 6.07) is 2.05. The van der Waals surface area contributed by atoms with Crippen LogP contribution in [-0.2, 0) is 10.2 Å². The van der Waals surface area contributed by atoms with Crippen molar-refractivity contribution in [2.24, 2.45) is 5.92 Å². The normalized spacial score (nSPS) is 20.6. The minimum Gasteiger partial charge on any atom is -0.198 e. The fourth-order valence-electron chi connectivity index (χ4n) is 1.81. The van der Waals surface area contributed by atoms with Crippen molar-refractivity contribution in [1.29, 1.82) is 5.26 Å². The summed E-state index contributed by atoms with van der Waals surface area (Å²) in [6.45, 7) is 3.19. The van der Waals surface area contributed by atoms with Gasteiger partial charge in [0.15, 0.2) is 0 Å². The molecule has 0 aromatic carbocycles. The number of piperidine rings is 1.